The maximum absolute atomic E-state index is 12.9. The second-order valence-corrected chi connectivity index (χ2v) is 6.55. The number of hydrogen-bond donors (Lipinski definition) is 0. The van der Waals surface area contributed by atoms with Crippen LogP contribution in [0.5, 0.6) is 0 Å². The van der Waals surface area contributed by atoms with Gasteiger partial charge in [0, 0.05) is 24.0 Å². The summed E-state index contributed by atoms with van der Waals surface area (Å²) >= 11 is 1.58. The minimum atomic E-state index is -0.298. The van der Waals surface area contributed by atoms with E-state index >= 15 is 0 Å². The van der Waals surface area contributed by atoms with Crippen LogP contribution in [0.2, 0.25) is 0 Å². The third-order valence-corrected chi connectivity index (χ3v) is 4.76. The molecule has 0 spiro atoms. The summed E-state index contributed by atoms with van der Waals surface area (Å²) in [4.78, 5) is 18.4. The molecule has 24 heavy (non-hydrogen) atoms. The number of rotatable bonds is 4. The number of hydrogen-bond acceptors (Lipinski definition) is 5. The van der Waals surface area contributed by atoms with Crippen LogP contribution in [0.1, 0.15) is 17.4 Å². The Bertz CT molecular complexity index is 839. The van der Waals surface area contributed by atoms with Crippen molar-refractivity contribution >= 4 is 17.2 Å². The lowest BCUT2D eigenvalue weighted by Crippen LogP contribution is -2.49. The standard InChI is InChI=1S/C17H14FN3O2S/c18-14-3-1-11(2-4-14)7-15(22)21-8-13(9-21)17-19-16(20-23-17)12-5-6-24-10-12/h1-6,10,13H,7-9H2. The van der Waals surface area contributed by atoms with Gasteiger partial charge < -0.3 is 9.42 Å². The van der Waals surface area contributed by atoms with E-state index in [1.165, 1.54) is 12.1 Å². The zero-order chi connectivity index (χ0) is 16.5. The molecule has 5 nitrogen and oxygen atoms in total. The number of benzene rings is 1. The van der Waals surface area contributed by atoms with Crippen molar-refractivity contribution in [3.8, 4) is 11.4 Å². The zero-order valence-electron chi connectivity index (χ0n) is 12.7. The van der Waals surface area contributed by atoms with Crippen molar-refractivity contribution < 1.29 is 13.7 Å². The molecule has 3 aromatic rings. The molecule has 3 heterocycles. The summed E-state index contributed by atoms with van der Waals surface area (Å²) in [6.07, 6.45) is 0.275. The normalized spacial score (nSPS) is 14.6. The molecule has 4 rings (SSSR count). The summed E-state index contributed by atoms with van der Waals surface area (Å²) in [5, 5.41) is 7.92. The fourth-order valence-corrected chi connectivity index (χ4v) is 3.27. The minimum absolute atomic E-state index is 0.0235. The fraction of sp³-hybridized carbons (Fsp3) is 0.235. The summed E-state index contributed by atoms with van der Waals surface area (Å²) in [6.45, 7) is 1.15. The average molecular weight is 343 g/mol. The first-order valence-electron chi connectivity index (χ1n) is 7.57. The molecule has 0 radical (unpaired) electrons. The van der Waals surface area contributed by atoms with Crippen LogP contribution in [0.25, 0.3) is 11.4 Å². The number of aromatic nitrogens is 2. The van der Waals surface area contributed by atoms with Crippen LogP contribution in [-0.4, -0.2) is 34.0 Å². The van der Waals surface area contributed by atoms with Crippen LogP contribution >= 0.6 is 11.3 Å². The van der Waals surface area contributed by atoms with E-state index in [1.54, 1.807) is 28.4 Å². The summed E-state index contributed by atoms with van der Waals surface area (Å²) in [5.74, 6) is 0.967. The maximum Gasteiger partial charge on any atom is 0.233 e. The van der Waals surface area contributed by atoms with Gasteiger partial charge in [0.2, 0.25) is 17.6 Å². The number of thiophene rings is 1. The molecule has 122 valence electrons. The van der Waals surface area contributed by atoms with Crippen LogP contribution in [0.4, 0.5) is 4.39 Å². The van der Waals surface area contributed by atoms with E-state index in [1.807, 2.05) is 16.8 Å². The van der Waals surface area contributed by atoms with Crippen LogP contribution in [-0.2, 0) is 11.2 Å². The van der Waals surface area contributed by atoms with Gasteiger partial charge in [0.25, 0.3) is 0 Å². The van der Waals surface area contributed by atoms with Crippen molar-refractivity contribution in [2.75, 3.05) is 13.1 Å². The summed E-state index contributed by atoms with van der Waals surface area (Å²) in [6, 6.07) is 7.95. The molecule has 1 aromatic carbocycles. The second-order valence-electron chi connectivity index (χ2n) is 5.77. The Labute approximate surface area is 141 Å². The largest absolute Gasteiger partial charge is 0.341 e. The molecule has 1 aliphatic rings. The Morgan fingerprint density at radius 2 is 2.08 bits per heavy atom. The molecule has 0 bridgehead atoms. The van der Waals surface area contributed by atoms with Crippen molar-refractivity contribution in [2.45, 2.75) is 12.3 Å². The van der Waals surface area contributed by atoms with Gasteiger partial charge in [-0.05, 0) is 29.1 Å². The number of carbonyl (C=O) groups excluding carboxylic acids is 1. The van der Waals surface area contributed by atoms with Crippen LogP contribution in [0.3, 0.4) is 0 Å². The Balaban J connectivity index is 1.34. The highest BCUT2D eigenvalue weighted by Gasteiger charge is 2.35. The number of carbonyl (C=O) groups is 1. The molecule has 0 saturated carbocycles. The molecule has 1 amide bonds. The van der Waals surface area contributed by atoms with Crippen LogP contribution in [0.15, 0.2) is 45.6 Å². The van der Waals surface area contributed by atoms with Gasteiger partial charge in [0.15, 0.2) is 0 Å². The van der Waals surface area contributed by atoms with E-state index in [-0.39, 0.29) is 24.1 Å². The highest BCUT2D eigenvalue weighted by Crippen LogP contribution is 2.28. The third kappa shape index (κ3) is 2.94. The van der Waals surface area contributed by atoms with E-state index in [0.29, 0.717) is 24.8 Å². The maximum atomic E-state index is 12.9. The topological polar surface area (TPSA) is 59.2 Å². The van der Waals surface area contributed by atoms with Crippen molar-refractivity contribution in [3.05, 3.63) is 58.4 Å². The molecule has 1 saturated heterocycles. The van der Waals surface area contributed by atoms with E-state index < -0.39 is 0 Å². The first-order valence-corrected chi connectivity index (χ1v) is 8.52. The third-order valence-electron chi connectivity index (χ3n) is 4.07. The molecule has 7 heteroatoms. The molecule has 1 fully saturated rings. The smallest absolute Gasteiger partial charge is 0.233 e. The Kier molecular flexibility index (Phi) is 3.86. The van der Waals surface area contributed by atoms with Crippen molar-refractivity contribution in [3.63, 3.8) is 0 Å². The van der Waals surface area contributed by atoms with Gasteiger partial charge >= 0.3 is 0 Å². The quantitative estimate of drug-likeness (QED) is 0.730. The molecule has 2 aromatic heterocycles. The monoisotopic (exact) mass is 343 g/mol. The van der Waals surface area contributed by atoms with Crippen LogP contribution < -0.4 is 0 Å². The molecule has 0 unspecified atom stereocenters. The summed E-state index contributed by atoms with van der Waals surface area (Å²) in [7, 11) is 0. The fourth-order valence-electron chi connectivity index (χ4n) is 2.64. The first-order chi connectivity index (χ1) is 11.7. The molecular weight excluding hydrogens is 329 g/mol. The molecular formula is C17H14FN3O2S. The van der Waals surface area contributed by atoms with E-state index in [4.69, 9.17) is 4.52 Å². The second kappa shape index (κ2) is 6.16. The van der Waals surface area contributed by atoms with E-state index in [0.717, 1.165) is 11.1 Å². The molecule has 0 atom stereocenters. The Hall–Kier alpha value is -2.54. The summed E-state index contributed by atoms with van der Waals surface area (Å²) < 4.78 is 18.2. The lowest BCUT2D eigenvalue weighted by atomic mass is 9.99. The first kappa shape index (κ1) is 15.0. The predicted octanol–water partition coefficient (Wildman–Crippen LogP) is 3.11. The van der Waals surface area contributed by atoms with Gasteiger partial charge in [-0.25, -0.2) is 4.39 Å². The van der Waals surface area contributed by atoms with Gasteiger partial charge in [-0.3, -0.25) is 4.79 Å². The lowest BCUT2D eigenvalue weighted by Gasteiger charge is -2.37. The highest BCUT2D eigenvalue weighted by atomic mass is 32.1. The van der Waals surface area contributed by atoms with Gasteiger partial charge in [0.05, 0.1) is 12.3 Å². The van der Waals surface area contributed by atoms with Crippen molar-refractivity contribution in [2.24, 2.45) is 0 Å². The van der Waals surface area contributed by atoms with Crippen molar-refractivity contribution in [1.29, 1.82) is 0 Å². The summed E-state index contributed by atoms with van der Waals surface area (Å²) in [5.41, 5.74) is 1.75. The molecule has 0 N–H and O–H groups in total. The van der Waals surface area contributed by atoms with Gasteiger partial charge in [-0.15, -0.1) is 0 Å². The molecule has 0 aliphatic carbocycles. The zero-order valence-corrected chi connectivity index (χ0v) is 13.5. The highest BCUT2D eigenvalue weighted by molar-refractivity contribution is 7.08. The average Bonchev–Trinajstić information content (AvgIpc) is 3.19. The SMILES string of the molecule is O=C(Cc1ccc(F)cc1)N1CC(c2nc(-c3ccsc3)no2)C1. The molecule has 1 aliphatic heterocycles. The van der Waals surface area contributed by atoms with E-state index in [9.17, 15) is 9.18 Å². The predicted molar refractivity (Wildman–Crippen MR) is 87.0 cm³/mol. The van der Waals surface area contributed by atoms with Gasteiger partial charge in [0.1, 0.15) is 5.82 Å². The van der Waals surface area contributed by atoms with Gasteiger partial charge in [-0.1, -0.05) is 17.3 Å². The van der Waals surface area contributed by atoms with Crippen LogP contribution in [0, 0.1) is 5.82 Å². The number of amides is 1. The number of nitrogens with zero attached hydrogens (tertiary/aromatic N) is 3. The Morgan fingerprint density at radius 1 is 1.29 bits per heavy atom. The number of halogens is 1. The van der Waals surface area contributed by atoms with E-state index in [2.05, 4.69) is 10.1 Å². The Morgan fingerprint density at radius 3 is 2.79 bits per heavy atom. The lowest BCUT2D eigenvalue weighted by molar-refractivity contribution is -0.135. The van der Waals surface area contributed by atoms with Crippen molar-refractivity contribution in [1.82, 2.24) is 15.0 Å². The number of likely N-dealkylation sites (tertiary alicyclic amines) is 1. The van der Waals surface area contributed by atoms with Gasteiger partial charge in [-0.2, -0.15) is 16.3 Å². The minimum Gasteiger partial charge on any atom is -0.341 e.